The Balaban J connectivity index is 2.26. The zero-order valence-electron chi connectivity index (χ0n) is 12.1. The minimum absolute atomic E-state index is 0.0470. The number of hydrogen-bond acceptors (Lipinski definition) is 3. The fraction of sp³-hybridized carbons (Fsp3) is 1.00. The molecule has 0 saturated heterocycles. The summed E-state index contributed by atoms with van der Waals surface area (Å²) in [6.07, 6.45) is 9.66. The van der Waals surface area contributed by atoms with Crippen LogP contribution in [0.15, 0.2) is 0 Å². The molecule has 0 aromatic carbocycles. The molecule has 0 amide bonds. The molecule has 0 bridgehead atoms. The van der Waals surface area contributed by atoms with Gasteiger partial charge in [0, 0.05) is 6.61 Å². The van der Waals surface area contributed by atoms with Gasteiger partial charge in [-0.15, -0.1) is 0 Å². The molecule has 1 fully saturated rings. The first-order valence-corrected chi connectivity index (χ1v) is 9.31. The summed E-state index contributed by atoms with van der Waals surface area (Å²) in [5, 5.41) is 5.12. The number of rotatable bonds is 8. The second-order valence-corrected chi connectivity index (χ2v) is 7.54. The third-order valence-electron chi connectivity index (χ3n) is 3.85. The van der Waals surface area contributed by atoms with Gasteiger partial charge >= 0.3 is 0 Å². The second kappa shape index (κ2) is 8.93. The third-order valence-corrected chi connectivity index (χ3v) is 4.78. The molecule has 5 heteroatoms. The van der Waals surface area contributed by atoms with E-state index in [1.54, 1.807) is 0 Å². The van der Waals surface area contributed by atoms with E-state index in [-0.39, 0.29) is 11.7 Å². The van der Waals surface area contributed by atoms with Gasteiger partial charge in [0.05, 0.1) is 12.4 Å². The minimum atomic E-state index is -3.39. The molecule has 1 rings (SSSR count). The molecular formula is C14H29NO3S. The lowest BCUT2D eigenvalue weighted by molar-refractivity contribution is 0.0695. The molecule has 0 radical (unpaired) electrons. The molecule has 0 aromatic rings. The monoisotopic (exact) mass is 291 g/mol. The van der Waals surface area contributed by atoms with Crippen LogP contribution in [0.1, 0.15) is 58.3 Å². The standard InChI is InChI=1S/C14H29NO3S/c1-2-7-14(12-19(15,16)17)11-18-10-13-8-5-3-4-6-9-13/h13-14H,2-12H2,1H3,(H2,15,16,17). The molecule has 2 N–H and O–H groups in total. The topological polar surface area (TPSA) is 69.4 Å². The largest absolute Gasteiger partial charge is 0.381 e. The number of ether oxygens (including phenoxy) is 1. The zero-order chi connectivity index (χ0) is 14.1. The predicted molar refractivity (Wildman–Crippen MR) is 78.4 cm³/mol. The molecule has 0 heterocycles. The van der Waals surface area contributed by atoms with Gasteiger partial charge in [0.1, 0.15) is 0 Å². The lowest BCUT2D eigenvalue weighted by atomic mass is 10.0. The van der Waals surface area contributed by atoms with Crippen molar-refractivity contribution in [3.63, 3.8) is 0 Å². The number of hydrogen-bond donors (Lipinski definition) is 1. The summed E-state index contributed by atoms with van der Waals surface area (Å²) >= 11 is 0. The van der Waals surface area contributed by atoms with Gasteiger partial charge in [-0.3, -0.25) is 0 Å². The molecule has 4 nitrogen and oxygen atoms in total. The molecule has 0 aromatic heterocycles. The summed E-state index contributed by atoms with van der Waals surface area (Å²) < 4.78 is 28.1. The SMILES string of the molecule is CCCC(COCC1CCCCCC1)CS(N)(=O)=O. The molecule has 1 unspecified atom stereocenters. The van der Waals surface area contributed by atoms with Gasteiger partial charge in [-0.1, -0.05) is 39.0 Å². The Bertz CT molecular complexity index is 322. The summed E-state index contributed by atoms with van der Waals surface area (Å²) in [5.74, 6) is 0.760. The van der Waals surface area contributed by atoms with E-state index in [1.165, 1.54) is 38.5 Å². The van der Waals surface area contributed by atoms with Crippen molar-refractivity contribution in [2.24, 2.45) is 17.0 Å². The van der Waals surface area contributed by atoms with Crippen molar-refractivity contribution in [2.45, 2.75) is 58.3 Å². The normalized spacial score (nSPS) is 20.1. The Hall–Kier alpha value is -0.130. The quantitative estimate of drug-likeness (QED) is 0.699. The van der Waals surface area contributed by atoms with Gasteiger partial charge in [0.2, 0.25) is 10.0 Å². The van der Waals surface area contributed by atoms with Gasteiger partial charge in [0.15, 0.2) is 0 Å². The molecule has 0 aliphatic heterocycles. The second-order valence-electron chi connectivity index (χ2n) is 5.88. The highest BCUT2D eigenvalue weighted by molar-refractivity contribution is 7.89. The van der Waals surface area contributed by atoms with Crippen molar-refractivity contribution in [1.29, 1.82) is 0 Å². The summed E-state index contributed by atoms with van der Waals surface area (Å²) in [6.45, 7) is 3.37. The van der Waals surface area contributed by atoms with Crippen LogP contribution in [0, 0.1) is 11.8 Å². The van der Waals surface area contributed by atoms with Crippen molar-refractivity contribution in [2.75, 3.05) is 19.0 Å². The van der Waals surface area contributed by atoms with E-state index in [9.17, 15) is 8.42 Å². The van der Waals surface area contributed by atoms with Crippen molar-refractivity contribution in [1.82, 2.24) is 0 Å². The van der Waals surface area contributed by atoms with E-state index in [2.05, 4.69) is 6.92 Å². The van der Waals surface area contributed by atoms with Crippen molar-refractivity contribution in [3.05, 3.63) is 0 Å². The highest BCUT2D eigenvalue weighted by atomic mass is 32.2. The van der Waals surface area contributed by atoms with Crippen LogP contribution in [0.5, 0.6) is 0 Å². The molecule has 1 saturated carbocycles. The van der Waals surface area contributed by atoms with E-state index in [1.807, 2.05) is 0 Å². The zero-order valence-corrected chi connectivity index (χ0v) is 13.0. The van der Waals surface area contributed by atoms with Gasteiger partial charge in [-0.05, 0) is 31.1 Å². The Morgan fingerprint density at radius 2 is 1.84 bits per heavy atom. The maximum Gasteiger partial charge on any atom is 0.209 e. The van der Waals surface area contributed by atoms with E-state index >= 15 is 0 Å². The van der Waals surface area contributed by atoms with E-state index < -0.39 is 10.0 Å². The van der Waals surface area contributed by atoms with Crippen LogP contribution >= 0.6 is 0 Å². The Morgan fingerprint density at radius 1 is 1.21 bits per heavy atom. The molecule has 1 aliphatic carbocycles. The molecule has 114 valence electrons. The van der Waals surface area contributed by atoms with Crippen molar-refractivity contribution >= 4 is 10.0 Å². The molecule has 0 spiro atoms. The Kier molecular flexibility index (Phi) is 7.95. The van der Waals surface area contributed by atoms with Crippen molar-refractivity contribution < 1.29 is 13.2 Å². The maximum absolute atomic E-state index is 11.1. The number of nitrogens with two attached hydrogens (primary N) is 1. The van der Waals surface area contributed by atoms with E-state index in [0.717, 1.165) is 19.4 Å². The molecule has 1 atom stereocenters. The van der Waals surface area contributed by atoms with Gasteiger partial charge < -0.3 is 4.74 Å². The number of sulfonamides is 1. The van der Waals surface area contributed by atoms with Crippen LogP contribution in [0.4, 0.5) is 0 Å². The first-order valence-electron chi connectivity index (χ1n) is 7.59. The smallest absolute Gasteiger partial charge is 0.209 e. The highest BCUT2D eigenvalue weighted by Crippen LogP contribution is 2.23. The lowest BCUT2D eigenvalue weighted by Gasteiger charge is -2.18. The Labute approximate surface area is 118 Å². The number of primary sulfonamides is 1. The lowest BCUT2D eigenvalue weighted by Crippen LogP contribution is -2.26. The summed E-state index contributed by atoms with van der Waals surface area (Å²) in [5.41, 5.74) is 0. The fourth-order valence-electron chi connectivity index (χ4n) is 2.88. The fourth-order valence-corrected chi connectivity index (χ4v) is 3.80. The predicted octanol–water partition coefficient (Wildman–Crippen LogP) is 2.68. The average Bonchev–Trinajstić information content (AvgIpc) is 2.56. The van der Waals surface area contributed by atoms with Gasteiger partial charge in [-0.25, -0.2) is 13.6 Å². The van der Waals surface area contributed by atoms with Crippen LogP contribution < -0.4 is 5.14 Å². The highest BCUT2D eigenvalue weighted by Gasteiger charge is 2.17. The Morgan fingerprint density at radius 3 is 2.37 bits per heavy atom. The minimum Gasteiger partial charge on any atom is -0.381 e. The molecule has 1 aliphatic rings. The van der Waals surface area contributed by atoms with Crippen molar-refractivity contribution in [3.8, 4) is 0 Å². The molecule has 19 heavy (non-hydrogen) atoms. The van der Waals surface area contributed by atoms with Crippen LogP contribution in [-0.4, -0.2) is 27.4 Å². The maximum atomic E-state index is 11.1. The third kappa shape index (κ3) is 8.60. The van der Waals surface area contributed by atoms with E-state index in [0.29, 0.717) is 12.5 Å². The first kappa shape index (κ1) is 16.9. The average molecular weight is 291 g/mol. The van der Waals surface area contributed by atoms with Crippen LogP contribution in [0.3, 0.4) is 0 Å². The summed E-state index contributed by atoms with van der Waals surface area (Å²) in [6, 6.07) is 0. The van der Waals surface area contributed by atoms with Crippen LogP contribution in [0.25, 0.3) is 0 Å². The molecular weight excluding hydrogens is 262 g/mol. The summed E-state index contributed by atoms with van der Waals surface area (Å²) in [7, 11) is -3.39. The summed E-state index contributed by atoms with van der Waals surface area (Å²) in [4.78, 5) is 0. The van der Waals surface area contributed by atoms with Crippen LogP contribution in [-0.2, 0) is 14.8 Å². The van der Waals surface area contributed by atoms with Gasteiger partial charge in [-0.2, -0.15) is 0 Å². The van der Waals surface area contributed by atoms with E-state index in [4.69, 9.17) is 9.88 Å². The van der Waals surface area contributed by atoms with Crippen LogP contribution in [0.2, 0.25) is 0 Å². The van der Waals surface area contributed by atoms with Gasteiger partial charge in [0.25, 0.3) is 0 Å². The first-order chi connectivity index (χ1) is 9.01.